The van der Waals surface area contributed by atoms with Crippen molar-refractivity contribution in [3.8, 4) is 0 Å². The van der Waals surface area contributed by atoms with Crippen LogP contribution in [0.5, 0.6) is 0 Å². The van der Waals surface area contributed by atoms with Gasteiger partial charge in [0.05, 0.1) is 25.0 Å². The Kier molecular flexibility index (Phi) is 4.27. The van der Waals surface area contributed by atoms with E-state index in [1.165, 1.54) is 29.0 Å². The van der Waals surface area contributed by atoms with Crippen LogP contribution in [0.25, 0.3) is 0 Å². The van der Waals surface area contributed by atoms with Crippen molar-refractivity contribution in [3.05, 3.63) is 51.8 Å². The number of pyridine rings is 1. The smallest absolute Gasteiger partial charge is 0.257 e. The van der Waals surface area contributed by atoms with Gasteiger partial charge in [0.2, 0.25) is 0 Å². The van der Waals surface area contributed by atoms with Crippen molar-refractivity contribution >= 4 is 21.1 Å². The number of ether oxygens (including phenoxy) is 1. The second-order valence-corrected chi connectivity index (χ2v) is 5.37. The van der Waals surface area contributed by atoms with E-state index in [-0.39, 0.29) is 11.5 Å². The average Bonchev–Trinajstić information content (AvgIpc) is 2.78. The lowest BCUT2D eigenvalue weighted by Crippen LogP contribution is -2.24. The van der Waals surface area contributed by atoms with Crippen molar-refractivity contribution in [2.75, 3.05) is 18.5 Å². The van der Waals surface area contributed by atoms with E-state index in [9.17, 15) is 9.59 Å². The number of hydrogen-bond donors (Lipinski definition) is 1. The number of amides is 1. The molecule has 1 aliphatic heterocycles. The van der Waals surface area contributed by atoms with Crippen LogP contribution in [0.3, 0.4) is 0 Å². The number of carbonyl (C=O) groups is 1. The monoisotopic (exact) mass is 318 g/mol. The highest BCUT2D eigenvalue weighted by atomic mass is 31.0. The molecule has 1 amide bonds. The molecule has 1 aliphatic rings. The molecule has 1 atom stereocenters. The molecule has 0 spiro atoms. The number of nitrogens with zero attached hydrogens (tertiary/aromatic N) is 3. The maximum atomic E-state index is 12.5. The lowest BCUT2D eigenvalue weighted by atomic mass is 10.0. The SMILES string of the molecule is O=C(Nc1cnccn1)c1cc(=O)n(P)c2c1CCOCC2. The zero-order valence-corrected chi connectivity index (χ0v) is 12.9. The number of rotatable bonds is 2. The maximum absolute atomic E-state index is 12.5. The first kappa shape index (κ1) is 14.8. The average molecular weight is 318 g/mol. The normalized spacial score (nSPS) is 14.0. The number of carbonyl (C=O) groups excluding carboxylic acids is 1. The van der Waals surface area contributed by atoms with Gasteiger partial charge in [-0.05, 0) is 21.4 Å². The van der Waals surface area contributed by atoms with Gasteiger partial charge in [0.1, 0.15) is 0 Å². The highest BCUT2D eigenvalue weighted by Gasteiger charge is 2.21. The van der Waals surface area contributed by atoms with Crippen LogP contribution in [0.1, 0.15) is 21.6 Å². The summed E-state index contributed by atoms with van der Waals surface area (Å²) in [6.07, 6.45) is 5.66. The Hall–Kier alpha value is -2.11. The Bertz CT molecular complexity index is 761. The molecule has 114 valence electrons. The Labute approximate surface area is 129 Å². The molecule has 2 aromatic rings. The van der Waals surface area contributed by atoms with Gasteiger partial charge < -0.3 is 10.1 Å². The van der Waals surface area contributed by atoms with Gasteiger partial charge in [-0.1, -0.05) is 0 Å². The molecule has 3 heterocycles. The van der Waals surface area contributed by atoms with E-state index in [1.807, 2.05) is 0 Å². The molecule has 22 heavy (non-hydrogen) atoms. The van der Waals surface area contributed by atoms with Crippen molar-refractivity contribution in [2.45, 2.75) is 12.8 Å². The molecule has 0 aromatic carbocycles. The summed E-state index contributed by atoms with van der Waals surface area (Å²) in [6.45, 7) is 1.07. The molecule has 0 saturated heterocycles. The minimum atomic E-state index is -0.360. The zero-order chi connectivity index (χ0) is 15.5. The van der Waals surface area contributed by atoms with Gasteiger partial charge in [0.25, 0.3) is 11.5 Å². The summed E-state index contributed by atoms with van der Waals surface area (Å²) in [4.78, 5) is 32.5. The minimum absolute atomic E-state index is 0.241. The Balaban J connectivity index is 2.01. The highest BCUT2D eigenvalue weighted by Crippen LogP contribution is 2.20. The standard InChI is InChI=1S/C14H15N4O3P/c19-13-7-10(14(20)17-12-8-15-3-4-16-12)9-1-5-21-6-2-11(9)18(13)22/h3-4,7-8H,1-2,5-6,22H2,(H,16,17,20). The van der Waals surface area contributed by atoms with Gasteiger partial charge in [-0.2, -0.15) is 0 Å². The maximum Gasteiger partial charge on any atom is 0.257 e. The van der Waals surface area contributed by atoms with Crippen LogP contribution in [0.2, 0.25) is 0 Å². The molecule has 8 heteroatoms. The van der Waals surface area contributed by atoms with E-state index < -0.39 is 0 Å². The minimum Gasteiger partial charge on any atom is -0.381 e. The van der Waals surface area contributed by atoms with Gasteiger partial charge in [-0.25, -0.2) is 4.98 Å². The molecule has 0 radical (unpaired) electrons. The quantitative estimate of drug-likeness (QED) is 0.822. The van der Waals surface area contributed by atoms with Gasteiger partial charge in [-0.15, -0.1) is 0 Å². The first-order chi connectivity index (χ1) is 10.7. The summed E-state index contributed by atoms with van der Waals surface area (Å²) in [7, 11) is 2.40. The van der Waals surface area contributed by atoms with Gasteiger partial charge >= 0.3 is 0 Å². The molecular weight excluding hydrogens is 303 g/mol. The predicted molar refractivity (Wildman–Crippen MR) is 84.0 cm³/mol. The first-order valence-electron chi connectivity index (χ1n) is 6.85. The fraction of sp³-hybridized carbons (Fsp3) is 0.286. The Morgan fingerprint density at radius 2 is 2.14 bits per heavy atom. The molecule has 1 N–H and O–H groups in total. The van der Waals surface area contributed by atoms with Gasteiger partial charge in [0, 0.05) is 30.6 Å². The molecular formula is C14H15N4O3P. The van der Waals surface area contributed by atoms with Crippen molar-refractivity contribution in [1.82, 2.24) is 14.3 Å². The first-order valence-corrected chi connectivity index (χ1v) is 7.36. The molecule has 0 fully saturated rings. The molecule has 0 bridgehead atoms. The van der Waals surface area contributed by atoms with Gasteiger partial charge in [0.15, 0.2) is 5.82 Å². The lowest BCUT2D eigenvalue weighted by molar-refractivity contribution is 0.102. The molecule has 1 unspecified atom stereocenters. The van der Waals surface area contributed by atoms with E-state index in [1.54, 1.807) is 0 Å². The van der Waals surface area contributed by atoms with Crippen molar-refractivity contribution in [1.29, 1.82) is 0 Å². The largest absolute Gasteiger partial charge is 0.381 e. The van der Waals surface area contributed by atoms with Crippen LogP contribution in [-0.4, -0.2) is 33.4 Å². The zero-order valence-electron chi connectivity index (χ0n) is 11.8. The van der Waals surface area contributed by atoms with Crippen LogP contribution in [0.4, 0.5) is 5.82 Å². The van der Waals surface area contributed by atoms with E-state index in [4.69, 9.17) is 4.74 Å². The van der Waals surface area contributed by atoms with E-state index in [0.717, 1.165) is 11.3 Å². The second kappa shape index (κ2) is 6.34. The topological polar surface area (TPSA) is 86.1 Å². The summed E-state index contributed by atoms with van der Waals surface area (Å²) >= 11 is 0. The predicted octanol–water partition coefficient (Wildman–Crippen LogP) is 0.644. The van der Waals surface area contributed by atoms with Crippen LogP contribution < -0.4 is 10.9 Å². The summed E-state index contributed by atoms with van der Waals surface area (Å²) in [6, 6.07) is 1.35. The summed E-state index contributed by atoms with van der Waals surface area (Å²) < 4.78 is 6.95. The molecule has 0 saturated carbocycles. The van der Waals surface area contributed by atoms with Crippen molar-refractivity contribution < 1.29 is 9.53 Å². The molecule has 7 nitrogen and oxygen atoms in total. The lowest BCUT2D eigenvalue weighted by Gasteiger charge is -2.14. The number of aromatic nitrogens is 3. The summed E-state index contributed by atoms with van der Waals surface area (Å²) in [5, 5.41) is 2.67. The van der Waals surface area contributed by atoms with Crippen LogP contribution in [0, 0.1) is 0 Å². The fourth-order valence-electron chi connectivity index (χ4n) is 2.46. The van der Waals surface area contributed by atoms with Crippen molar-refractivity contribution in [2.24, 2.45) is 0 Å². The second-order valence-electron chi connectivity index (χ2n) is 4.85. The third kappa shape index (κ3) is 2.91. The Morgan fingerprint density at radius 1 is 1.32 bits per heavy atom. The Morgan fingerprint density at radius 3 is 2.91 bits per heavy atom. The third-order valence-corrected chi connectivity index (χ3v) is 4.06. The van der Waals surface area contributed by atoms with E-state index in [0.29, 0.717) is 37.4 Å². The summed E-state index contributed by atoms with van der Waals surface area (Å²) in [5.41, 5.74) is 1.79. The van der Waals surface area contributed by atoms with Crippen LogP contribution in [0.15, 0.2) is 29.5 Å². The van der Waals surface area contributed by atoms with Crippen molar-refractivity contribution in [3.63, 3.8) is 0 Å². The fourth-order valence-corrected chi connectivity index (χ4v) is 2.82. The third-order valence-electron chi connectivity index (χ3n) is 3.50. The number of hydrogen-bond acceptors (Lipinski definition) is 5. The van der Waals surface area contributed by atoms with Crippen LogP contribution in [-0.2, 0) is 17.6 Å². The molecule has 3 rings (SSSR count). The molecule has 2 aromatic heterocycles. The number of fused-ring (bicyclic) bond motifs is 1. The summed E-state index contributed by atoms with van der Waals surface area (Å²) in [5.74, 6) is -0.0116. The van der Waals surface area contributed by atoms with E-state index in [2.05, 4.69) is 24.7 Å². The van der Waals surface area contributed by atoms with E-state index >= 15 is 0 Å². The number of nitrogens with one attached hydrogen (secondary N) is 1. The molecule has 0 aliphatic carbocycles. The van der Waals surface area contributed by atoms with Gasteiger partial charge in [-0.3, -0.25) is 18.9 Å². The number of anilines is 1. The highest BCUT2D eigenvalue weighted by molar-refractivity contribution is 7.14. The van der Waals surface area contributed by atoms with Crippen LogP contribution >= 0.6 is 9.39 Å².